The second-order valence-corrected chi connectivity index (χ2v) is 6.62. The molecule has 2 N–H and O–H groups in total. The smallest absolute Gasteiger partial charge is 0.236 e. The van der Waals surface area contributed by atoms with Crippen LogP contribution in [0.4, 0.5) is 0 Å². The van der Waals surface area contributed by atoms with Crippen LogP contribution in [0, 0.1) is 0 Å². The van der Waals surface area contributed by atoms with Crippen LogP contribution >= 0.6 is 11.8 Å². The van der Waals surface area contributed by atoms with Gasteiger partial charge in [-0.15, -0.1) is 0 Å². The zero-order valence-corrected chi connectivity index (χ0v) is 12.9. The molecule has 3 nitrogen and oxygen atoms in total. The van der Waals surface area contributed by atoms with E-state index in [1.165, 1.54) is 32.1 Å². The lowest BCUT2D eigenvalue weighted by atomic mass is 9.84. The SMILES string of the molecule is CCCCCNC(=O)C(C)NCC1(SC)CCC1. The van der Waals surface area contributed by atoms with E-state index in [0.717, 1.165) is 19.5 Å². The molecule has 1 aliphatic rings. The van der Waals surface area contributed by atoms with Crippen LogP contribution in [0.15, 0.2) is 0 Å². The van der Waals surface area contributed by atoms with Gasteiger partial charge in [-0.3, -0.25) is 4.79 Å². The van der Waals surface area contributed by atoms with E-state index in [4.69, 9.17) is 0 Å². The summed E-state index contributed by atoms with van der Waals surface area (Å²) in [5.74, 6) is 0.140. The summed E-state index contributed by atoms with van der Waals surface area (Å²) >= 11 is 1.94. The Labute approximate surface area is 116 Å². The largest absolute Gasteiger partial charge is 0.355 e. The first-order chi connectivity index (χ1) is 8.63. The van der Waals surface area contributed by atoms with Gasteiger partial charge in [0.05, 0.1) is 6.04 Å². The number of unbranched alkanes of at least 4 members (excludes halogenated alkanes) is 2. The lowest BCUT2D eigenvalue weighted by molar-refractivity contribution is -0.122. The zero-order chi connectivity index (χ0) is 13.4. The van der Waals surface area contributed by atoms with Crippen LogP contribution in [0.25, 0.3) is 0 Å². The van der Waals surface area contributed by atoms with Crippen molar-refractivity contribution >= 4 is 17.7 Å². The van der Waals surface area contributed by atoms with Crippen LogP contribution in [0.1, 0.15) is 52.4 Å². The Kier molecular flexibility index (Phi) is 7.08. The van der Waals surface area contributed by atoms with Gasteiger partial charge >= 0.3 is 0 Å². The second-order valence-electron chi connectivity index (χ2n) is 5.34. The fourth-order valence-corrected chi connectivity index (χ4v) is 3.12. The number of thioether (sulfide) groups is 1. The van der Waals surface area contributed by atoms with Crippen molar-refractivity contribution in [3.05, 3.63) is 0 Å². The molecular weight excluding hydrogens is 244 g/mol. The minimum atomic E-state index is -0.0729. The van der Waals surface area contributed by atoms with E-state index in [1.807, 2.05) is 18.7 Å². The Morgan fingerprint density at radius 1 is 1.39 bits per heavy atom. The highest BCUT2D eigenvalue weighted by Crippen LogP contribution is 2.42. The standard InChI is InChI=1S/C14H28N2OS/c1-4-5-6-10-15-13(17)12(2)16-11-14(18-3)8-7-9-14/h12,16H,4-11H2,1-3H3,(H,15,17). The summed E-state index contributed by atoms with van der Waals surface area (Å²) in [7, 11) is 0. The zero-order valence-electron chi connectivity index (χ0n) is 12.1. The van der Waals surface area contributed by atoms with Crippen LogP contribution in [0.2, 0.25) is 0 Å². The van der Waals surface area contributed by atoms with Gasteiger partial charge in [-0.2, -0.15) is 11.8 Å². The molecule has 4 heteroatoms. The van der Waals surface area contributed by atoms with E-state index in [1.54, 1.807) is 0 Å². The lowest BCUT2D eigenvalue weighted by Gasteiger charge is -2.41. The first-order valence-electron chi connectivity index (χ1n) is 7.20. The van der Waals surface area contributed by atoms with Gasteiger partial charge in [0.15, 0.2) is 0 Å². The van der Waals surface area contributed by atoms with E-state index >= 15 is 0 Å². The summed E-state index contributed by atoms with van der Waals surface area (Å²) in [4.78, 5) is 11.8. The molecule has 0 spiro atoms. The highest BCUT2D eigenvalue weighted by atomic mass is 32.2. The van der Waals surface area contributed by atoms with Gasteiger partial charge in [0, 0.05) is 17.8 Å². The van der Waals surface area contributed by atoms with E-state index < -0.39 is 0 Å². The Hall–Kier alpha value is -0.220. The molecular formula is C14H28N2OS. The van der Waals surface area contributed by atoms with E-state index in [-0.39, 0.29) is 11.9 Å². The van der Waals surface area contributed by atoms with Crippen molar-refractivity contribution in [3.63, 3.8) is 0 Å². The molecule has 1 fully saturated rings. The summed E-state index contributed by atoms with van der Waals surface area (Å²) in [6.07, 6.45) is 9.55. The van der Waals surface area contributed by atoms with Gasteiger partial charge in [-0.05, 0) is 32.4 Å². The van der Waals surface area contributed by atoms with Crippen LogP contribution < -0.4 is 10.6 Å². The number of carbonyl (C=O) groups excluding carboxylic acids is 1. The maximum atomic E-state index is 11.8. The van der Waals surface area contributed by atoms with Crippen LogP contribution in [-0.2, 0) is 4.79 Å². The third-order valence-corrected chi connectivity index (χ3v) is 5.32. The maximum Gasteiger partial charge on any atom is 0.236 e. The molecule has 0 aromatic rings. The highest BCUT2D eigenvalue weighted by molar-refractivity contribution is 8.00. The molecule has 0 bridgehead atoms. The van der Waals surface area contributed by atoms with Crippen LogP contribution in [0.5, 0.6) is 0 Å². The Morgan fingerprint density at radius 3 is 2.61 bits per heavy atom. The summed E-state index contributed by atoms with van der Waals surface area (Å²) in [5.41, 5.74) is 0. The second kappa shape index (κ2) is 8.05. The average molecular weight is 272 g/mol. The molecule has 106 valence electrons. The third kappa shape index (κ3) is 4.81. The van der Waals surface area contributed by atoms with Gasteiger partial charge in [0.25, 0.3) is 0 Å². The summed E-state index contributed by atoms with van der Waals surface area (Å²) < 4.78 is 0.400. The third-order valence-electron chi connectivity index (χ3n) is 3.90. The normalized spacial score (nSPS) is 19.1. The number of carbonyl (C=O) groups is 1. The number of hydrogen-bond acceptors (Lipinski definition) is 3. The molecule has 0 heterocycles. The first-order valence-corrected chi connectivity index (χ1v) is 8.42. The van der Waals surface area contributed by atoms with Gasteiger partial charge in [0.1, 0.15) is 0 Å². The Morgan fingerprint density at radius 2 is 2.11 bits per heavy atom. The predicted molar refractivity (Wildman–Crippen MR) is 80.1 cm³/mol. The van der Waals surface area contributed by atoms with Crippen molar-refractivity contribution in [1.29, 1.82) is 0 Å². The molecule has 0 aliphatic heterocycles. The molecule has 1 atom stereocenters. The summed E-state index contributed by atoms with van der Waals surface area (Å²) in [6.45, 7) is 5.90. The van der Waals surface area contributed by atoms with Gasteiger partial charge in [0.2, 0.25) is 5.91 Å². The molecule has 0 aromatic carbocycles. The highest BCUT2D eigenvalue weighted by Gasteiger charge is 2.36. The molecule has 1 rings (SSSR count). The number of amides is 1. The maximum absolute atomic E-state index is 11.8. The van der Waals surface area contributed by atoms with Crippen molar-refractivity contribution in [1.82, 2.24) is 10.6 Å². The van der Waals surface area contributed by atoms with Gasteiger partial charge in [-0.1, -0.05) is 26.2 Å². The van der Waals surface area contributed by atoms with Crippen molar-refractivity contribution in [3.8, 4) is 0 Å². The predicted octanol–water partition coefficient (Wildman–Crippen LogP) is 2.56. The Bertz CT molecular complexity index is 249. The van der Waals surface area contributed by atoms with Gasteiger partial charge < -0.3 is 10.6 Å². The van der Waals surface area contributed by atoms with Crippen LogP contribution in [-0.4, -0.2) is 36.0 Å². The van der Waals surface area contributed by atoms with Crippen molar-refractivity contribution < 1.29 is 4.79 Å². The molecule has 1 aliphatic carbocycles. The number of nitrogens with one attached hydrogen (secondary N) is 2. The fourth-order valence-electron chi connectivity index (χ4n) is 2.20. The first kappa shape index (κ1) is 15.8. The molecule has 1 amide bonds. The van der Waals surface area contributed by atoms with E-state index in [0.29, 0.717) is 4.75 Å². The molecule has 0 radical (unpaired) electrons. The Balaban J connectivity index is 2.15. The van der Waals surface area contributed by atoms with Crippen molar-refractivity contribution in [2.45, 2.75) is 63.2 Å². The minimum absolute atomic E-state index is 0.0729. The molecule has 0 saturated heterocycles. The lowest BCUT2D eigenvalue weighted by Crippen LogP contribution is -2.50. The minimum Gasteiger partial charge on any atom is -0.355 e. The summed E-state index contributed by atoms with van der Waals surface area (Å²) in [5, 5.41) is 6.38. The fraction of sp³-hybridized carbons (Fsp3) is 0.929. The number of hydrogen-bond donors (Lipinski definition) is 2. The average Bonchev–Trinajstić information content (AvgIpc) is 2.33. The molecule has 18 heavy (non-hydrogen) atoms. The number of rotatable bonds is 9. The molecule has 1 unspecified atom stereocenters. The molecule has 1 saturated carbocycles. The monoisotopic (exact) mass is 272 g/mol. The topological polar surface area (TPSA) is 41.1 Å². The van der Waals surface area contributed by atoms with E-state index in [2.05, 4.69) is 23.8 Å². The molecule has 0 aromatic heterocycles. The van der Waals surface area contributed by atoms with Crippen molar-refractivity contribution in [2.24, 2.45) is 0 Å². The summed E-state index contributed by atoms with van der Waals surface area (Å²) in [6, 6.07) is -0.0729. The van der Waals surface area contributed by atoms with Gasteiger partial charge in [-0.25, -0.2) is 0 Å². The van der Waals surface area contributed by atoms with Crippen LogP contribution in [0.3, 0.4) is 0 Å². The van der Waals surface area contributed by atoms with Crippen molar-refractivity contribution in [2.75, 3.05) is 19.3 Å². The van der Waals surface area contributed by atoms with E-state index in [9.17, 15) is 4.79 Å². The quantitative estimate of drug-likeness (QED) is 0.634.